The summed E-state index contributed by atoms with van der Waals surface area (Å²) in [6.45, 7) is 6.22. The van der Waals surface area contributed by atoms with E-state index in [1.807, 2.05) is 12.1 Å². The van der Waals surface area contributed by atoms with Crippen molar-refractivity contribution < 1.29 is 14.0 Å². The second-order valence-electron chi connectivity index (χ2n) is 4.11. The summed E-state index contributed by atoms with van der Waals surface area (Å²) in [4.78, 5) is 8.59. The second-order valence-corrected chi connectivity index (χ2v) is 4.77. The SMILES string of the molecule is CC(C)(C)c1cccc(O[P+](=O)O)c1. The summed E-state index contributed by atoms with van der Waals surface area (Å²) < 4.78 is 15.2. The third-order valence-electron chi connectivity index (χ3n) is 1.88. The van der Waals surface area contributed by atoms with Gasteiger partial charge in [0.1, 0.15) is 0 Å². The molecule has 0 bridgehead atoms. The van der Waals surface area contributed by atoms with E-state index in [0.29, 0.717) is 5.75 Å². The topological polar surface area (TPSA) is 46.5 Å². The number of hydrogen-bond acceptors (Lipinski definition) is 2. The maximum atomic E-state index is 10.5. The zero-order valence-electron chi connectivity index (χ0n) is 8.52. The molecule has 1 aromatic carbocycles. The summed E-state index contributed by atoms with van der Waals surface area (Å²) >= 11 is 0. The molecule has 0 aliphatic rings. The van der Waals surface area contributed by atoms with E-state index in [1.165, 1.54) is 0 Å². The first-order valence-electron chi connectivity index (χ1n) is 4.34. The quantitative estimate of drug-likeness (QED) is 0.768. The van der Waals surface area contributed by atoms with Crippen LogP contribution < -0.4 is 4.52 Å². The van der Waals surface area contributed by atoms with Gasteiger partial charge in [0.15, 0.2) is 5.75 Å². The van der Waals surface area contributed by atoms with Gasteiger partial charge in [-0.05, 0) is 23.1 Å². The molecule has 3 nitrogen and oxygen atoms in total. The van der Waals surface area contributed by atoms with Crippen molar-refractivity contribution in [3.63, 3.8) is 0 Å². The van der Waals surface area contributed by atoms with Crippen LogP contribution in [0.2, 0.25) is 0 Å². The normalized spacial score (nSPS) is 12.4. The van der Waals surface area contributed by atoms with E-state index in [4.69, 9.17) is 9.42 Å². The summed E-state index contributed by atoms with van der Waals surface area (Å²) in [6.07, 6.45) is 0. The fourth-order valence-corrected chi connectivity index (χ4v) is 1.40. The van der Waals surface area contributed by atoms with Crippen LogP contribution in [-0.2, 0) is 9.98 Å². The molecule has 1 N–H and O–H groups in total. The Labute approximate surface area is 84.7 Å². The first-order chi connectivity index (χ1) is 6.39. The van der Waals surface area contributed by atoms with Crippen molar-refractivity contribution in [2.45, 2.75) is 26.2 Å². The van der Waals surface area contributed by atoms with Crippen molar-refractivity contribution in [2.24, 2.45) is 0 Å². The zero-order chi connectivity index (χ0) is 10.8. The number of rotatable bonds is 2. The molecule has 4 heteroatoms. The highest BCUT2D eigenvalue weighted by Crippen LogP contribution is 2.28. The Balaban J connectivity index is 2.95. The van der Waals surface area contributed by atoms with Crippen molar-refractivity contribution in [3.8, 4) is 5.75 Å². The largest absolute Gasteiger partial charge is 0.747 e. The van der Waals surface area contributed by atoms with Crippen LogP contribution in [0.3, 0.4) is 0 Å². The third kappa shape index (κ3) is 3.09. The minimum atomic E-state index is -2.57. The molecule has 0 aliphatic carbocycles. The van der Waals surface area contributed by atoms with Gasteiger partial charge in [0, 0.05) is 4.57 Å². The lowest BCUT2D eigenvalue weighted by Crippen LogP contribution is -2.10. The highest BCUT2D eigenvalue weighted by atomic mass is 31.1. The van der Waals surface area contributed by atoms with Gasteiger partial charge in [-0.1, -0.05) is 32.9 Å². The summed E-state index contributed by atoms with van der Waals surface area (Å²) in [5.74, 6) is 0.432. The lowest BCUT2D eigenvalue weighted by molar-refractivity contribution is 0.409. The minimum Gasteiger partial charge on any atom is -0.229 e. The van der Waals surface area contributed by atoms with E-state index in [-0.39, 0.29) is 5.41 Å². The van der Waals surface area contributed by atoms with Crippen LogP contribution in [0, 0.1) is 0 Å². The predicted molar refractivity (Wildman–Crippen MR) is 55.6 cm³/mol. The van der Waals surface area contributed by atoms with E-state index >= 15 is 0 Å². The molecule has 0 aromatic heterocycles. The zero-order valence-corrected chi connectivity index (χ0v) is 9.41. The standard InChI is InChI=1S/C10H13O3P/c1-10(2,3)8-5-4-6-9(7-8)13-14(11)12/h4-7H,1-3H3/p+1. The van der Waals surface area contributed by atoms with Crippen molar-refractivity contribution in [1.29, 1.82) is 0 Å². The van der Waals surface area contributed by atoms with Crippen molar-refractivity contribution in [1.82, 2.24) is 0 Å². The molecule has 0 heterocycles. The average Bonchev–Trinajstić information content (AvgIpc) is 2.01. The molecule has 76 valence electrons. The minimum absolute atomic E-state index is 0.0144. The Morgan fingerprint density at radius 1 is 1.36 bits per heavy atom. The lowest BCUT2D eigenvalue weighted by Gasteiger charge is -2.18. The smallest absolute Gasteiger partial charge is 0.229 e. The van der Waals surface area contributed by atoms with Crippen molar-refractivity contribution in [3.05, 3.63) is 29.8 Å². The Morgan fingerprint density at radius 2 is 2.00 bits per heavy atom. The van der Waals surface area contributed by atoms with Gasteiger partial charge in [-0.3, -0.25) is 0 Å². The third-order valence-corrected chi connectivity index (χ3v) is 2.25. The van der Waals surface area contributed by atoms with Gasteiger partial charge >= 0.3 is 8.25 Å². The molecule has 0 aliphatic heterocycles. The van der Waals surface area contributed by atoms with E-state index < -0.39 is 8.25 Å². The average molecular weight is 213 g/mol. The second kappa shape index (κ2) is 4.07. The fourth-order valence-electron chi connectivity index (χ4n) is 1.11. The Hall–Kier alpha value is -0.920. The fraction of sp³-hybridized carbons (Fsp3) is 0.400. The summed E-state index contributed by atoms with van der Waals surface area (Å²) in [6, 6.07) is 7.23. The monoisotopic (exact) mass is 213 g/mol. The Kier molecular flexibility index (Phi) is 3.25. The predicted octanol–water partition coefficient (Wildman–Crippen LogP) is 3.01. The van der Waals surface area contributed by atoms with Gasteiger partial charge in [-0.2, -0.15) is 0 Å². The molecular weight excluding hydrogens is 199 g/mol. The van der Waals surface area contributed by atoms with Gasteiger partial charge in [0.25, 0.3) is 0 Å². The van der Waals surface area contributed by atoms with Crippen LogP contribution in [0.5, 0.6) is 5.75 Å². The van der Waals surface area contributed by atoms with E-state index in [2.05, 4.69) is 20.8 Å². The maximum absolute atomic E-state index is 10.5. The van der Waals surface area contributed by atoms with Gasteiger partial charge in [0.2, 0.25) is 0 Å². The van der Waals surface area contributed by atoms with E-state index in [0.717, 1.165) is 5.56 Å². The molecule has 14 heavy (non-hydrogen) atoms. The molecule has 0 fully saturated rings. The van der Waals surface area contributed by atoms with Crippen LogP contribution in [0.4, 0.5) is 0 Å². The molecule has 0 spiro atoms. The van der Waals surface area contributed by atoms with E-state index in [9.17, 15) is 4.57 Å². The van der Waals surface area contributed by atoms with Crippen molar-refractivity contribution >= 4 is 8.25 Å². The number of hydrogen-bond donors (Lipinski definition) is 1. The molecule has 1 rings (SSSR count). The highest BCUT2D eigenvalue weighted by molar-refractivity contribution is 7.32. The van der Waals surface area contributed by atoms with E-state index in [1.54, 1.807) is 12.1 Å². The molecule has 1 aromatic rings. The van der Waals surface area contributed by atoms with Crippen LogP contribution in [0.1, 0.15) is 26.3 Å². The maximum Gasteiger partial charge on any atom is 0.747 e. The molecule has 1 atom stereocenters. The molecule has 0 amide bonds. The first-order valence-corrected chi connectivity index (χ1v) is 5.47. The molecule has 0 saturated heterocycles. The summed E-state index contributed by atoms with van der Waals surface area (Å²) in [7, 11) is -2.57. The van der Waals surface area contributed by atoms with Gasteiger partial charge in [-0.15, -0.1) is 4.89 Å². The Morgan fingerprint density at radius 3 is 2.50 bits per heavy atom. The van der Waals surface area contributed by atoms with Crippen LogP contribution in [0.15, 0.2) is 24.3 Å². The van der Waals surface area contributed by atoms with Gasteiger partial charge < -0.3 is 0 Å². The van der Waals surface area contributed by atoms with Crippen molar-refractivity contribution in [2.75, 3.05) is 0 Å². The first kappa shape index (κ1) is 11.2. The summed E-state index contributed by atoms with van der Waals surface area (Å²) in [5.41, 5.74) is 1.09. The lowest BCUT2D eigenvalue weighted by atomic mass is 9.87. The molecular formula is C10H14O3P+. The molecule has 0 radical (unpaired) electrons. The van der Waals surface area contributed by atoms with Crippen LogP contribution in [-0.4, -0.2) is 4.89 Å². The summed E-state index contributed by atoms with van der Waals surface area (Å²) in [5, 5.41) is 0. The van der Waals surface area contributed by atoms with Gasteiger partial charge in [0.05, 0.1) is 0 Å². The molecule has 0 saturated carbocycles. The number of benzene rings is 1. The highest BCUT2D eigenvalue weighted by Gasteiger charge is 2.18. The van der Waals surface area contributed by atoms with Gasteiger partial charge in [-0.25, -0.2) is 4.52 Å². The Bertz CT molecular complexity index is 341. The van der Waals surface area contributed by atoms with Crippen LogP contribution >= 0.6 is 8.25 Å². The molecule has 1 unspecified atom stereocenters. The van der Waals surface area contributed by atoms with Crippen LogP contribution in [0.25, 0.3) is 0 Å².